The number of nitrogens with one attached hydrogen (secondary N) is 1. The molecule has 1 N–H and O–H groups in total. The Hall–Kier alpha value is -0.810. The van der Waals surface area contributed by atoms with Crippen LogP contribution in [0.15, 0.2) is 16.7 Å². The second-order valence-electron chi connectivity index (χ2n) is 4.35. The molecule has 1 aromatic heterocycles. The van der Waals surface area contributed by atoms with E-state index in [2.05, 4.69) is 31.0 Å². The lowest BCUT2D eigenvalue weighted by atomic mass is 10.1. The summed E-state index contributed by atoms with van der Waals surface area (Å²) in [6.45, 7) is 1.39. The van der Waals surface area contributed by atoms with E-state index in [1.165, 1.54) is 32.8 Å². The van der Waals surface area contributed by atoms with Gasteiger partial charge in [-0.2, -0.15) is 0 Å². The summed E-state index contributed by atoms with van der Waals surface area (Å²) in [4.78, 5) is 13.2. The summed E-state index contributed by atoms with van der Waals surface area (Å²) in [7, 11) is 1.31. The molecule has 1 heterocycles. The van der Waals surface area contributed by atoms with Crippen molar-refractivity contribution in [1.82, 2.24) is 4.98 Å². The van der Waals surface area contributed by atoms with Crippen molar-refractivity contribution in [3.8, 4) is 0 Å². The van der Waals surface area contributed by atoms with Gasteiger partial charge in [-0.25, -0.2) is 4.98 Å². The summed E-state index contributed by atoms with van der Waals surface area (Å²) in [6, 6.07) is 1.86. The van der Waals surface area contributed by atoms with E-state index in [0.29, 0.717) is 11.5 Å². The smallest absolute Gasteiger partial charge is 0.292 e. The van der Waals surface area contributed by atoms with Crippen LogP contribution in [0.1, 0.15) is 25.7 Å². The number of halogens is 2. The van der Waals surface area contributed by atoms with Gasteiger partial charge in [0.2, 0.25) is 0 Å². The van der Waals surface area contributed by atoms with Gasteiger partial charge in [0.05, 0.1) is 16.6 Å². The lowest BCUT2D eigenvalue weighted by Crippen LogP contribution is -2.11. The van der Waals surface area contributed by atoms with Gasteiger partial charge in [-0.15, -0.1) is 0 Å². The van der Waals surface area contributed by atoms with Crippen molar-refractivity contribution in [3.05, 3.63) is 21.8 Å². The highest BCUT2D eigenvalue weighted by Gasteiger charge is 2.14. The van der Waals surface area contributed by atoms with E-state index in [-0.39, 0.29) is 0 Å². The van der Waals surface area contributed by atoms with Crippen molar-refractivity contribution in [2.75, 3.05) is 19.0 Å². The molecule has 0 amide bonds. The van der Waals surface area contributed by atoms with Crippen molar-refractivity contribution in [2.24, 2.45) is 5.92 Å². The largest absolute Gasteiger partial charge is 0.471 e. The van der Waals surface area contributed by atoms with Crippen LogP contribution in [-0.2, 0) is 9.53 Å². The van der Waals surface area contributed by atoms with Crippen molar-refractivity contribution < 1.29 is 9.53 Å². The maximum atomic E-state index is 8.95. The van der Waals surface area contributed by atoms with Crippen LogP contribution in [-0.4, -0.2) is 25.1 Å². The Morgan fingerprint density at radius 2 is 2.21 bits per heavy atom. The first-order valence-corrected chi connectivity index (χ1v) is 7.35. The van der Waals surface area contributed by atoms with Gasteiger partial charge in [-0.05, 0) is 34.7 Å². The Kier molecular flexibility index (Phi) is 7.82. The molecule has 6 heteroatoms. The van der Waals surface area contributed by atoms with Crippen LogP contribution in [0.4, 0.5) is 5.82 Å². The zero-order chi connectivity index (χ0) is 14.1. The molecule has 0 saturated heterocycles. The number of carbonyl (C=O) groups excluding carboxylic acids is 1. The minimum atomic E-state index is 0.375. The summed E-state index contributed by atoms with van der Waals surface area (Å²) < 4.78 is 4.70. The number of anilines is 1. The normalized spacial score (nSPS) is 14.5. The Labute approximate surface area is 127 Å². The van der Waals surface area contributed by atoms with E-state index < -0.39 is 0 Å². The predicted molar refractivity (Wildman–Crippen MR) is 80.5 cm³/mol. The van der Waals surface area contributed by atoms with E-state index in [1.807, 2.05) is 6.07 Å². The van der Waals surface area contributed by atoms with Crippen LogP contribution >= 0.6 is 27.5 Å². The molecule has 0 unspecified atom stereocenters. The molecule has 1 aliphatic rings. The molecule has 1 aromatic rings. The van der Waals surface area contributed by atoms with Crippen LogP contribution < -0.4 is 5.32 Å². The molecule has 1 saturated carbocycles. The standard InChI is InChI=1S/C11H14BrClN2.C2H4O2/c12-9-7-15-11(5-10(9)13)14-6-8-3-1-2-4-8;1-4-2-3/h5,7-8H,1-4,6H2,(H,14,15);2H,1H3. The van der Waals surface area contributed by atoms with Gasteiger partial charge in [-0.1, -0.05) is 24.4 Å². The Morgan fingerprint density at radius 3 is 2.74 bits per heavy atom. The number of hydrogen-bond donors (Lipinski definition) is 1. The number of rotatable bonds is 4. The van der Waals surface area contributed by atoms with Gasteiger partial charge in [0.1, 0.15) is 5.82 Å². The summed E-state index contributed by atoms with van der Waals surface area (Å²) in [5.74, 6) is 1.68. The van der Waals surface area contributed by atoms with Gasteiger partial charge in [0.15, 0.2) is 0 Å². The molecule has 1 aliphatic carbocycles. The van der Waals surface area contributed by atoms with Crippen LogP contribution in [0.3, 0.4) is 0 Å². The van der Waals surface area contributed by atoms with Crippen molar-refractivity contribution in [2.45, 2.75) is 25.7 Å². The highest BCUT2D eigenvalue weighted by atomic mass is 79.9. The molecule has 0 atom stereocenters. The molecule has 0 bridgehead atoms. The average molecular weight is 350 g/mol. The third-order valence-electron chi connectivity index (χ3n) is 2.95. The van der Waals surface area contributed by atoms with Gasteiger partial charge < -0.3 is 10.1 Å². The van der Waals surface area contributed by atoms with Crippen LogP contribution in [0.5, 0.6) is 0 Å². The Morgan fingerprint density at radius 1 is 1.58 bits per heavy atom. The monoisotopic (exact) mass is 348 g/mol. The molecule has 106 valence electrons. The van der Waals surface area contributed by atoms with Gasteiger partial charge in [-0.3, -0.25) is 4.79 Å². The average Bonchev–Trinajstić information content (AvgIpc) is 2.94. The Bertz CT molecular complexity index is 398. The lowest BCUT2D eigenvalue weighted by Gasteiger charge is -2.11. The van der Waals surface area contributed by atoms with Crippen LogP contribution in [0.25, 0.3) is 0 Å². The third-order valence-corrected chi connectivity index (χ3v) is 4.12. The lowest BCUT2D eigenvalue weighted by molar-refractivity contribution is -0.126. The fourth-order valence-electron chi connectivity index (χ4n) is 1.97. The molecule has 4 nitrogen and oxygen atoms in total. The number of carbonyl (C=O) groups is 1. The van der Waals surface area contributed by atoms with E-state index in [9.17, 15) is 0 Å². The molecule has 0 radical (unpaired) electrons. The van der Waals surface area contributed by atoms with Crippen molar-refractivity contribution in [1.29, 1.82) is 0 Å². The molecular formula is C13H18BrClN2O2. The van der Waals surface area contributed by atoms with Gasteiger partial charge >= 0.3 is 0 Å². The van der Waals surface area contributed by atoms with Crippen LogP contribution in [0, 0.1) is 5.92 Å². The summed E-state index contributed by atoms with van der Waals surface area (Å²) in [5, 5.41) is 4.05. The van der Waals surface area contributed by atoms with E-state index in [1.54, 1.807) is 6.20 Å². The number of hydrogen-bond acceptors (Lipinski definition) is 4. The maximum Gasteiger partial charge on any atom is 0.292 e. The van der Waals surface area contributed by atoms with Crippen LogP contribution in [0.2, 0.25) is 5.02 Å². The molecule has 1 fully saturated rings. The SMILES string of the molecule is COC=O.Clc1cc(NCC2CCCC2)ncc1Br. The Balaban J connectivity index is 0.000000399. The maximum absolute atomic E-state index is 8.95. The minimum absolute atomic E-state index is 0.375. The number of ether oxygens (including phenoxy) is 1. The quantitative estimate of drug-likeness (QED) is 0.838. The van der Waals surface area contributed by atoms with E-state index >= 15 is 0 Å². The fraction of sp³-hybridized carbons (Fsp3) is 0.538. The highest BCUT2D eigenvalue weighted by Crippen LogP contribution is 2.26. The molecule has 0 aromatic carbocycles. The second kappa shape index (κ2) is 9.15. The molecule has 0 aliphatic heterocycles. The number of nitrogens with zero attached hydrogens (tertiary/aromatic N) is 1. The van der Waals surface area contributed by atoms with Gasteiger partial charge in [0, 0.05) is 18.8 Å². The first kappa shape index (κ1) is 16.2. The van der Waals surface area contributed by atoms with Crippen molar-refractivity contribution in [3.63, 3.8) is 0 Å². The fourth-order valence-corrected chi connectivity index (χ4v) is 2.34. The first-order chi connectivity index (χ1) is 9.17. The van der Waals surface area contributed by atoms with E-state index in [4.69, 9.17) is 16.4 Å². The van der Waals surface area contributed by atoms with E-state index in [0.717, 1.165) is 22.8 Å². The molecular weight excluding hydrogens is 332 g/mol. The predicted octanol–water partition coefficient (Wildman–Crippen LogP) is 3.89. The summed E-state index contributed by atoms with van der Waals surface area (Å²) in [6.07, 6.45) is 7.18. The highest BCUT2D eigenvalue weighted by molar-refractivity contribution is 9.10. The van der Waals surface area contributed by atoms with Crippen molar-refractivity contribution >= 4 is 39.8 Å². The second-order valence-corrected chi connectivity index (χ2v) is 5.61. The topological polar surface area (TPSA) is 51.2 Å². The molecule has 2 rings (SSSR count). The summed E-state index contributed by atoms with van der Waals surface area (Å²) in [5.41, 5.74) is 0. The molecule has 0 spiro atoms. The zero-order valence-electron chi connectivity index (χ0n) is 10.9. The van der Waals surface area contributed by atoms with Gasteiger partial charge in [0.25, 0.3) is 6.47 Å². The summed E-state index contributed by atoms with van der Waals surface area (Å²) >= 11 is 9.31. The number of methoxy groups -OCH3 is 1. The molecule has 19 heavy (non-hydrogen) atoms. The third kappa shape index (κ3) is 6.25. The first-order valence-electron chi connectivity index (χ1n) is 6.18. The zero-order valence-corrected chi connectivity index (χ0v) is 13.2. The minimum Gasteiger partial charge on any atom is -0.471 e. The number of pyridine rings is 1. The number of aromatic nitrogens is 1.